The Balaban J connectivity index is 2.47. The molecule has 0 saturated heterocycles. The summed E-state index contributed by atoms with van der Waals surface area (Å²) in [6.07, 6.45) is 3.48. The highest BCUT2D eigenvalue weighted by molar-refractivity contribution is 5.17. The summed E-state index contributed by atoms with van der Waals surface area (Å²) in [4.78, 5) is 0. The van der Waals surface area contributed by atoms with Crippen molar-refractivity contribution >= 4 is 0 Å². The van der Waals surface area contributed by atoms with Crippen LogP contribution < -0.4 is 5.73 Å². The van der Waals surface area contributed by atoms with Gasteiger partial charge in [-0.25, -0.2) is 0 Å². The van der Waals surface area contributed by atoms with Gasteiger partial charge in [0.05, 0.1) is 0 Å². The van der Waals surface area contributed by atoms with Crippen molar-refractivity contribution in [3.8, 4) is 0 Å². The Labute approximate surface area is 63.3 Å². The summed E-state index contributed by atoms with van der Waals surface area (Å²) in [7, 11) is 0. The molecule has 0 amide bonds. The van der Waals surface area contributed by atoms with Crippen LogP contribution in [0.25, 0.3) is 0 Å². The lowest BCUT2D eigenvalue weighted by atomic mass is 10.0. The van der Waals surface area contributed by atoms with E-state index in [2.05, 4.69) is 26.8 Å². The second-order valence-corrected chi connectivity index (χ2v) is 3.93. The molecule has 1 aliphatic rings. The van der Waals surface area contributed by atoms with Crippen molar-refractivity contribution in [3.63, 3.8) is 0 Å². The predicted octanol–water partition coefficient (Wildman–Crippen LogP) is 1.94. The Kier molecular flexibility index (Phi) is 1.86. The van der Waals surface area contributed by atoms with Crippen molar-refractivity contribution in [1.29, 1.82) is 0 Å². The third-order valence-electron chi connectivity index (χ3n) is 2.50. The quantitative estimate of drug-likeness (QED) is 0.581. The van der Waals surface area contributed by atoms with Crippen LogP contribution in [0.3, 0.4) is 0 Å². The third kappa shape index (κ3) is 1.40. The van der Waals surface area contributed by atoms with Gasteiger partial charge in [-0.05, 0) is 24.7 Å². The number of rotatable bonds is 2. The largest absolute Gasteiger partial charge is 0.327 e. The molecule has 0 aliphatic heterocycles. The minimum Gasteiger partial charge on any atom is -0.327 e. The first-order valence-corrected chi connectivity index (χ1v) is 3.94. The van der Waals surface area contributed by atoms with Gasteiger partial charge in [-0.1, -0.05) is 25.5 Å². The van der Waals surface area contributed by atoms with E-state index in [1.807, 2.05) is 0 Å². The Morgan fingerprint density at radius 3 is 2.50 bits per heavy atom. The van der Waals surface area contributed by atoms with Crippen LogP contribution in [0.1, 0.15) is 27.2 Å². The Morgan fingerprint density at radius 1 is 1.70 bits per heavy atom. The molecular formula is C9H17N. The van der Waals surface area contributed by atoms with Crippen molar-refractivity contribution in [3.05, 3.63) is 11.6 Å². The first kappa shape index (κ1) is 7.80. The molecule has 0 radical (unpaired) electrons. The lowest BCUT2D eigenvalue weighted by Crippen LogP contribution is -1.97. The minimum atomic E-state index is 0.565. The zero-order valence-electron chi connectivity index (χ0n) is 7.15. The van der Waals surface area contributed by atoms with Gasteiger partial charge in [0.15, 0.2) is 0 Å². The first-order valence-electron chi connectivity index (χ1n) is 3.94. The summed E-state index contributed by atoms with van der Waals surface area (Å²) >= 11 is 0. The van der Waals surface area contributed by atoms with E-state index in [4.69, 9.17) is 5.73 Å². The summed E-state index contributed by atoms with van der Waals surface area (Å²) in [6.45, 7) is 7.50. The Hall–Kier alpha value is -0.300. The molecular weight excluding hydrogens is 122 g/mol. The number of nitrogens with two attached hydrogens (primary N) is 1. The van der Waals surface area contributed by atoms with E-state index in [1.165, 1.54) is 12.0 Å². The van der Waals surface area contributed by atoms with Crippen LogP contribution in [0.5, 0.6) is 0 Å². The zero-order valence-corrected chi connectivity index (χ0v) is 7.15. The molecule has 1 saturated carbocycles. The standard InChI is InChI=1S/C9H17N/c1-7(4-5-10)8-6-9(8,2)3/h4,8H,5-6,10H2,1-3H3/b7-4+. The number of allylic oxidation sites excluding steroid dienone is 1. The maximum atomic E-state index is 5.41. The highest BCUT2D eigenvalue weighted by Crippen LogP contribution is 2.55. The fraction of sp³-hybridized carbons (Fsp3) is 0.778. The molecule has 1 atom stereocenters. The van der Waals surface area contributed by atoms with E-state index < -0.39 is 0 Å². The van der Waals surface area contributed by atoms with E-state index in [0.29, 0.717) is 12.0 Å². The van der Waals surface area contributed by atoms with Gasteiger partial charge in [0.2, 0.25) is 0 Å². The van der Waals surface area contributed by atoms with Crippen LogP contribution >= 0.6 is 0 Å². The average Bonchev–Trinajstić information content (AvgIpc) is 2.41. The molecule has 1 fully saturated rings. The number of hydrogen-bond donors (Lipinski definition) is 1. The highest BCUT2D eigenvalue weighted by Gasteiger charge is 2.45. The monoisotopic (exact) mass is 139 g/mol. The summed E-state index contributed by atoms with van der Waals surface area (Å²) in [5.74, 6) is 0.816. The lowest BCUT2D eigenvalue weighted by Gasteiger charge is -2.02. The Bertz CT molecular complexity index is 156. The molecule has 0 aromatic carbocycles. The van der Waals surface area contributed by atoms with Gasteiger partial charge >= 0.3 is 0 Å². The normalized spacial score (nSPS) is 30.4. The molecule has 1 rings (SSSR count). The summed E-state index contributed by atoms with van der Waals surface area (Å²) in [5, 5.41) is 0. The second-order valence-electron chi connectivity index (χ2n) is 3.93. The second kappa shape index (κ2) is 2.39. The van der Waals surface area contributed by atoms with Crippen LogP contribution in [0, 0.1) is 11.3 Å². The van der Waals surface area contributed by atoms with Gasteiger partial charge in [-0.15, -0.1) is 0 Å². The van der Waals surface area contributed by atoms with E-state index >= 15 is 0 Å². The summed E-state index contributed by atoms with van der Waals surface area (Å²) in [5.41, 5.74) is 7.45. The average molecular weight is 139 g/mol. The lowest BCUT2D eigenvalue weighted by molar-refractivity contribution is 0.596. The van der Waals surface area contributed by atoms with Crippen LogP contribution in [0.4, 0.5) is 0 Å². The van der Waals surface area contributed by atoms with Gasteiger partial charge in [0, 0.05) is 6.54 Å². The smallest absolute Gasteiger partial charge is 0.0109 e. The van der Waals surface area contributed by atoms with Crippen LogP contribution in [0.2, 0.25) is 0 Å². The molecule has 1 nitrogen and oxygen atoms in total. The van der Waals surface area contributed by atoms with E-state index in [1.54, 1.807) is 0 Å². The van der Waals surface area contributed by atoms with Crippen molar-refractivity contribution in [2.45, 2.75) is 27.2 Å². The molecule has 0 bridgehead atoms. The third-order valence-corrected chi connectivity index (χ3v) is 2.50. The molecule has 1 unspecified atom stereocenters. The molecule has 10 heavy (non-hydrogen) atoms. The summed E-state index contributed by atoms with van der Waals surface area (Å²) < 4.78 is 0. The fourth-order valence-corrected chi connectivity index (χ4v) is 1.57. The van der Waals surface area contributed by atoms with Gasteiger partial charge in [-0.2, -0.15) is 0 Å². The molecule has 1 heteroatoms. The SMILES string of the molecule is C/C(=C\CN)C1CC1(C)C. The van der Waals surface area contributed by atoms with Crippen molar-refractivity contribution < 1.29 is 0 Å². The topological polar surface area (TPSA) is 26.0 Å². The van der Waals surface area contributed by atoms with Crippen LogP contribution in [0.15, 0.2) is 11.6 Å². The molecule has 2 N–H and O–H groups in total. The van der Waals surface area contributed by atoms with Crippen molar-refractivity contribution in [2.75, 3.05) is 6.54 Å². The van der Waals surface area contributed by atoms with Crippen molar-refractivity contribution in [2.24, 2.45) is 17.1 Å². The fourth-order valence-electron chi connectivity index (χ4n) is 1.57. The van der Waals surface area contributed by atoms with Crippen LogP contribution in [-0.2, 0) is 0 Å². The molecule has 1 aliphatic carbocycles. The maximum absolute atomic E-state index is 5.41. The predicted molar refractivity (Wildman–Crippen MR) is 44.7 cm³/mol. The van der Waals surface area contributed by atoms with Crippen molar-refractivity contribution in [1.82, 2.24) is 0 Å². The molecule has 58 valence electrons. The van der Waals surface area contributed by atoms with Gasteiger partial charge in [0.1, 0.15) is 0 Å². The Morgan fingerprint density at radius 2 is 2.20 bits per heavy atom. The molecule has 0 heterocycles. The van der Waals surface area contributed by atoms with E-state index in [9.17, 15) is 0 Å². The van der Waals surface area contributed by atoms with Gasteiger partial charge < -0.3 is 5.73 Å². The van der Waals surface area contributed by atoms with Crippen LogP contribution in [-0.4, -0.2) is 6.54 Å². The summed E-state index contributed by atoms with van der Waals surface area (Å²) in [6, 6.07) is 0. The van der Waals surface area contributed by atoms with E-state index in [0.717, 1.165) is 5.92 Å². The maximum Gasteiger partial charge on any atom is 0.0109 e. The van der Waals surface area contributed by atoms with Gasteiger partial charge in [-0.3, -0.25) is 0 Å². The number of hydrogen-bond acceptors (Lipinski definition) is 1. The molecule has 0 aromatic rings. The minimum absolute atomic E-state index is 0.565. The molecule has 0 spiro atoms. The van der Waals surface area contributed by atoms with E-state index in [-0.39, 0.29) is 0 Å². The highest BCUT2D eigenvalue weighted by atomic mass is 14.5. The molecule has 0 aromatic heterocycles. The first-order chi connectivity index (χ1) is 4.58. The van der Waals surface area contributed by atoms with Gasteiger partial charge in [0.25, 0.3) is 0 Å². The zero-order chi connectivity index (χ0) is 7.78.